The molecule has 0 saturated heterocycles. The molecule has 0 aromatic heterocycles. The van der Waals surface area contributed by atoms with E-state index in [4.69, 9.17) is 0 Å². The lowest BCUT2D eigenvalue weighted by Gasteiger charge is -2.24. The van der Waals surface area contributed by atoms with Crippen LogP contribution in [0.5, 0.6) is 0 Å². The zero-order chi connectivity index (χ0) is 14.7. The Labute approximate surface area is 126 Å². The third-order valence-corrected chi connectivity index (χ3v) is 5.99. The molecule has 1 heterocycles. The van der Waals surface area contributed by atoms with Gasteiger partial charge in [0.15, 0.2) is 0 Å². The van der Waals surface area contributed by atoms with Crippen molar-refractivity contribution < 1.29 is 8.42 Å². The predicted octanol–water partition coefficient (Wildman–Crippen LogP) is 2.13. The maximum atomic E-state index is 12.5. The molecular formula is C15H21N3O2S. The summed E-state index contributed by atoms with van der Waals surface area (Å²) in [6, 6.07) is 6.86. The average molecular weight is 307 g/mol. The van der Waals surface area contributed by atoms with Crippen molar-refractivity contribution in [2.24, 2.45) is 10.9 Å². The third-order valence-electron chi connectivity index (χ3n) is 4.19. The molecule has 21 heavy (non-hydrogen) atoms. The van der Waals surface area contributed by atoms with Crippen LogP contribution in [0.4, 0.5) is 5.69 Å². The number of benzene rings is 1. The molecule has 2 aliphatic rings. The number of aliphatic imine (C=N–C) groups is 1. The molecule has 3 rings (SSSR count). The Balaban J connectivity index is 1.57. The lowest BCUT2D eigenvalue weighted by molar-refractivity contribution is 0.465. The molecule has 0 spiro atoms. The van der Waals surface area contributed by atoms with E-state index in [1.807, 2.05) is 0 Å². The average Bonchev–Trinajstić information content (AvgIpc) is 2.99. The van der Waals surface area contributed by atoms with Crippen molar-refractivity contribution in [3.8, 4) is 0 Å². The van der Waals surface area contributed by atoms with Gasteiger partial charge in [-0.3, -0.25) is 4.31 Å². The summed E-state index contributed by atoms with van der Waals surface area (Å²) in [5.74, 6) is 0.761. The number of hydrogen-bond donors (Lipinski definition) is 1. The van der Waals surface area contributed by atoms with Crippen molar-refractivity contribution in [3.05, 3.63) is 24.3 Å². The van der Waals surface area contributed by atoms with E-state index in [2.05, 4.69) is 10.3 Å². The van der Waals surface area contributed by atoms with Crippen LogP contribution < -0.4 is 5.32 Å². The SMILES string of the molecule is O=S1(=O)c2ccccc2N=CN1CCNCC1CCCC1. The normalized spacial score (nSPS) is 20.7. The first-order valence-electron chi connectivity index (χ1n) is 7.54. The first-order chi connectivity index (χ1) is 10.2. The van der Waals surface area contributed by atoms with Crippen LogP contribution in [0.15, 0.2) is 34.2 Å². The van der Waals surface area contributed by atoms with Crippen molar-refractivity contribution >= 4 is 22.0 Å². The van der Waals surface area contributed by atoms with Gasteiger partial charge in [0.05, 0.1) is 5.69 Å². The highest BCUT2D eigenvalue weighted by Gasteiger charge is 2.27. The number of sulfonamides is 1. The van der Waals surface area contributed by atoms with Crippen molar-refractivity contribution in [1.29, 1.82) is 0 Å². The van der Waals surface area contributed by atoms with E-state index in [1.165, 1.54) is 36.3 Å². The van der Waals surface area contributed by atoms with Gasteiger partial charge in [-0.05, 0) is 37.4 Å². The molecule has 0 amide bonds. The Bertz CT molecular complexity index is 622. The van der Waals surface area contributed by atoms with E-state index in [0.29, 0.717) is 23.7 Å². The summed E-state index contributed by atoms with van der Waals surface area (Å²) in [4.78, 5) is 4.51. The second kappa shape index (κ2) is 6.15. The molecule has 5 nitrogen and oxygen atoms in total. The van der Waals surface area contributed by atoms with Gasteiger partial charge in [0.25, 0.3) is 10.0 Å². The Morgan fingerprint density at radius 3 is 2.81 bits per heavy atom. The van der Waals surface area contributed by atoms with Crippen molar-refractivity contribution in [3.63, 3.8) is 0 Å². The summed E-state index contributed by atoms with van der Waals surface area (Å²) in [5, 5.41) is 3.37. The zero-order valence-corrected chi connectivity index (χ0v) is 12.8. The fourth-order valence-corrected chi connectivity index (χ4v) is 4.38. The van der Waals surface area contributed by atoms with E-state index in [1.54, 1.807) is 24.3 Å². The maximum absolute atomic E-state index is 12.5. The summed E-state index contributed by atoms with van der Waals surface area (Å²) >= 11 is 0. The number of para-hydroxylation sites is 1. The van der Waals surface area contributed by atoms with E-state index < -0.39 is 10.0 Å². The number of fused-ring (bicyclic) bond motifs is 1. The van der Waals surface area contributed by atoms with Crippen molar-refractivity contribution in [2.75, 3.05) is 19.6 Å². The van der Waals surface area contributed by atoms with Crippen LogP contribution >= 0.6 is 0 Å². The van der Waals surface area contributed by atoms with Gasteiger partial charge < -0.3 is 5.32 Å². The molecule has 114 valence electrons. The van der Waals surface area contributed by atoms with E-state index in [9.17, 15) is 8.42 Å². The standard InChI is InChI=1S/C15H21N3O2S/c19-21(20)15-8-4-3-7-14(15)17-12-18(21)10-9-16-11-13-5-1-2-6-13/h3-4,7-8,12-13,16H,1-2,5-6,9-11H2. The van der Waals surface area contributed by atoms with Gasteiger partial charge in [-0.15, -0.1) is 0 Å². The first kappa shape index (κ1) is 14.5. The molecule has 1 aliphatic carbocycles. The van der Waals surface area contributed by atoms with Crippen LogP contribution in [0.3, 0.4) is 0 Å². The summed E-state index contributed by atoms with van der Waals surface area (Å²) in [6.45, 7) is 2.07. The Hall–Kier alpha value is -1.40. The topological polar surface area (TPSA) is 61.8 Å². The van der Waals surface area contributed by atoms with Gasteiger partial charge in [-0.2, -0.15) is 0 Å². The molecule has 0 atom stereocenters. The summed E-state index contributed by atoms with van der Waals surface area (Å²) in [5.41, 5.74) is 0.521. The van der Waals surface area contributed by atoms with Crippen LogP contribution in [0, 0.1) is 5.92 Å². The highest BCUT2D eigenvalue weighted by atomic mass is 32.2. The van der Waals surface area contributed by atoms with Crippen molar-refractivity contribution in [2.45, 2.75) is 30.6 Å². The number of nitrogens with one attached hydrogen (secondary N) is 1. The van der Waals surface area contributed by atoms with E-state index in [-0.39, 0.29) is 0 Å². The molecule has 1 aromatic carbocycles. The lowest BCUT2D eigenvalue weighted by Crippen LogP contribution is -2.38. The smallest absolute Gasteiger partial charge is 0.267 e. The molecule has 1 saturated carbocycles. The minimum Gasteiger partial charge on any atom is -0.315 e. The zero-order valence-electron chi connectivity index (χ0n) is 12.0. The number of nitrogens with zero attached hydrogens (tertiary/aromatic N) is 2. The van der Waals surface area contributed by atoms with Gasteiger partial charge in [0, 0.05) is 13.1 Å². The Kier molecular flexibility index (Phi) is 4.26. The quantitative estimate of drug-likeness (QED) is 0.848. The van der Waals surface area contributed by atoms with Gasteiger partial charge >= 0.3 is 0 Å². The maximum Gasteiger partial charge on any atom is 0.267 e. The first-order valence-corrected chi connectivity index (χ1v) is 8.98. The van der Waals surface area contributed by atoms with Gasteiger partial charge in [-0.1, -0.05) is 25.0 Å². The van der Waals surface area contributed by atoms with Crippen LogP contribution in [0.2, 0.25) is 0 Å². The summed E-state index contributed by atoms with van der Waals surface area (Å²) in [7, 11) is -3.44. The summed E-state index contributed by atoms with van der Waals surface area (Å²) in [6.07, 6.45) is 6.68. The lowest BCUT2D eigenvalue weighted by atomic mass is 10.1. The number of rotatable bonds is 5. The van der Waals surface area contributed by atoms with Crippen LogP contribution in [0.25, 0.3) is 0 Å². The third kappa shape index (κ3) is 3.11. The van der Waals surface area contributed by atoms with Gasteiger partial charge in [-0.25, -0.2) is 13.4 Å². The van der Waals surface area contributed by atoms with E-state index in [0.717, 1.165) is 12.5 Å². The molecule has 6 heteroatoms. The fraction of sp³-hybridized carbons (Fsp3) is 0.533. The minimum atomic E-state index is -3.44. The second-order valence-electron chi connectivity index (χ2n) is 5.68. The molecule has 1 aliphatic heterocycles. The molecule has 1 N–H and O–H groups in total. The summed E-state index contributed by atoms with van der Waals surface area (Å²) < 4.78 is 26.3. The Morgan fingerprint density at radius 1 is 1.24 bits per heavy atom. The fourth-order valence-electron chi connectivity index (χ4n) is 2.98. The molecule has 0 radical (unpaired) electrons. The molecular weight excluding hydrogens is 286 g/mol. The van der Waals surface area contributed by atoms with Crippen LogP contribution in [-0.2, 0) is 10.0 Å². The largest absolute Gasteiger partial charge is 0.315 e. The molecule has 1 fully saturated rings. The van der Waals surface area contributed by atoms with Gasteiger partial charge in [0.2, 0.25) is 0 Å². The predicted molar refractivity (Wildman–Crippen MR) is 83.3 cm³/mol. The Morgan fingerprint density at radius 2 is 2.00 bits per heavy atom. The molecule has 0 bridgehead atoms. The van der Waals surface area contributed by atoms with Gasteiger partial charge in [0.1, 0.15) is 11.2 Å². The monoisotopic (exact) mass is 307 g/mol. The molecule has 0 unspecified atom stereocenters. The van der Waals surface area contributed by atoms with E-state index >= 15 is 0 Å². The second-order valence-corrected chi connectivity index (χ2v) is 7.54. The highest BCUT2D eigenvalue weighted by Crippen LogP contribution is 2.29. The highest BCUT2D eigenvalue weighted by molar-refractivity contribution is 7.89. The minimum absolute atomic E-state index is 0.295. The van der Waals surface area contributed by atoms with Crippen LogP contribution in [0.1, 0.15) is 25.7 Å². The van der Waals surface area contributed by atoms with Crippen LogP contribution in [-0.4, -0.2) is 38.7 Å². The molecule has 1 aromatic rings. The van der Waals surface area contributed by atoms with Crippen molar-refractivity contribution in [1.82, 2.24) is 9.62 Å². The number of hydrogen-bond acceptors (Lipinski definition) is 4.